The van der Waals surface area contributed by atoms with Gasteiger partial charge in [0.15, 0.2) is 0 Å². The second-order valence-corrected chi connectivity index (χ2v) is 15.7. The Morgan fingerprint density at radius 1 is 0.344 bits per heavy atom. The summed E-state index contributed by atoms with van der Waals surface area (Å²) in [7, 11) is 0. The van der Waals surface area contributed by atoms with Gasteiger partial charge in [0.1, 0.15) is 11.2 Å². The third kappa shape index (κ3) is 5.90. The summed E-state index contributed by atoms with van der Waals surface area (Å²) < 4.78 is 8.87. The van der Waals surface area contributed by atoms with Crippen molar-refractivity contribution < 1.29 is 4.42 Å². The first-order chi connectivity index (χ1) is 30.2. The molecule has 0 N–H and O–H groups in total. The number of nitrogens with zero attached hydrogens (tertiary/aromatic N) is 2. The van der Waals surface area contributed by atoms with Crippen molar-refractivity contribution in [2.45, 2.75) is 0 Å². The molecule has 12 rings (SSSR count). The quantitative estimate of drug-likeness (QED) is 0.161. The van der Waals surface area contributed by atoms with Gasteiger partial charge >= 0.3 is 0 Å². The number of anilines is 3. The molecule has 0 bridgehead atoms. The maximum Gasteiger partial charge on any atom is 0.143 e. The van der Waals surface area contributed by atoms with Crippen molar-refractivity contribution >= 4 is 71.6 Å². The molecule has 2 heterocycles. The Labute approximate surface area is 353 Å². The monoisotopic (exact) mass is 778 g/mol. The van der Waals surface area contributed by atoms with Crippen molar-refractivity contribution in [1.82, 2.24) is 4.57 Å². The molecule has 286 valence electrons. The van der Waals surface area contributed by atoms with Gasteiger partial charge in [0, 0.05) is 55.2 Å². The predicted molar refractivity (Wildman–Crippen MR) is 257 cm³/mol. The lowest BCUT2D eigenvalue weighted by Gasteiger charge is -2.26. The van der Waals surface area contributed by atoms with Crippen LogP contribution in [-0.4, -0.2) is 4.57 Å². The number of hydrogen-bond donors (Lipinski definition) is 0. The minimum absolute atomic E-state index is 0.904. The van der Waals surface area contributed by atoms with E-state index >= 15 is 0 Å². The van der Waals surface area contributed by atoms with Crippen molar-refractivity contribution in [2.24, 2.45) is 0 Å². The molecule has 12 aromatic rings. The van der Waals surface area contributed by atoms with Crippen LogP contribution in [0.1, 0.15) is 0 Å². The fourth-order valence-corrected chi connectivity index (χ4v) is 9.27. The Morgan fingerprint density at radius 3 is 1.74 bits per heavy atom. The molecule has 0 saturated carbocycles. The first-order valence-electron chi connectivity index (χ1n) is 20.8. The molecule has 0 amide bonds. The number of benzene rings is 10. The zero-order valence-electron chi connectivity index (χ0n) is 33.2. The van der Waals surface area contributed by atoms with Gasteiger partial charge in [-0.2, -0.15) is 0 Å². The van der Waals surface area contributed by atoms with E-state index in [0.717, 1.165) is 61.4 Å². The second kappa shape index (κ2) is 14.3. The average Bonchev–Trinajstić information content (AvgIpc) is 3.89. The number of furan rings is 1. The summed E-state index contributed by atoms with van der Waals surface area (Å²) in [5.74, 6) is 0. The molecule has 3 heteroatoms. The summed E-state index contributed by atoms with van der Waals surface area (Å²) in [5, 5.41) is 7.26. The van der Waals surface area contributed by atoms with Gasteiger partial charge in [-0.25, -0.2) is 0 Å². The van der Waals surface area contributed by atoms with Gasteiger partial charge in [0.25, 0.3) is 0 Å². The molecule has 0 atom stereocenters. The fraction of sp³-hybridized carbons (Fsp3) is 0. The van der Waals surface area contributed by atoms with Crippen LogP contribution in [0.2, 0.25) is 0 Å². The van der Waals surface area contributed by atoms with Crippen LogP contribution in [0, 0.1) is 0 Å². The van der Waals surface area contributed by atoms with Crippen molar-refractivity contribution in [3.8, 4) is 39.1 Å². The topological polar surface area (TPSA) is 21.3 Å². The van der Waals surface area contributed by atoms with E-state index in [2.05, 4.69) is 228 Å². The highest BCUT2D eigenvalue weighted by Gasteiger charge is 2.19. The van der Waals surface area contributed by atoms with Gasteiger partial charge in [-0.1, -0.05) is 170 Å². The summed E-state index contributed by atoms with van der Waals surface area (Å²) in [6.07, 6.45) is 0. The maximum atomic E-state index is 6.43. The van der Waals surface area contributed by atoms with Gasteiger partial charge < -0.3 is 13.9 Å². The smallest absolute Gasteiger partial charge is 0.143 e. The molecule has 3 nitrogen and oxygen atoms in total. The zero-order chi connectivity index (χ0) is 40.3. The zero-order valence-corrected chi connectivity index (χ0v) is 33.2. The predicted octanol–water partition coefficient (Wildman–Crippen LogP) is 16.3. The Kier molecular flexibility index (Phi) is 8.17. The number of rotatable bonds is 7. The summed E-state index contributed by atoms with van der Waals surface area (Å²) in [5.41, 5.74) is 15.5. The van der Waals surface area contributed by atoms with Gasteiger partial charge in [-0.15, -0.1) is 0 Å². The molecule has 61 heavy (non-hydrogen) atoms. The SMILES string of the molecule is c1ccc(-c2cccc(N(c3ccc(-c4ccc5c6ccc7ccccc7c6n(-c6ccccc6)c5c4)cc3)c3ccc(-c4cccc5c4oc4ccccc45)cc3)c2)cc1. The van der Waals surface area contributed by atoms with Crippen molar-refractivity contribution in [3.63, 3.8) is 0 Å². The van der Waals surface area contributed by atoms with Crippen LogP contribution in [0.4, 0.5) is 17.1 Å². The Bertz CT molecular complexity index is 3560. The lowest BCUT2D eigenvalue weighted by Crippen LogP contribution is -2.10. The van der Waals surface area contributed by atoms with Crippen molar-refractivity contribution in [3.05, 3.63) is 231 Å². The fourth-order valence-electron chi connectivity index (χ4n) is 9.27. The molecular formula is C58H38N2O. The van der Waals surface area contributed by atoms with Crippen LogP contribution in [-0.2, 0) is 0 Å². The number of fused-ring (bicyclic) bond motifs is 8. The normalized spacial score (nSPS) is 11.6. The van der Waals surface area contributed by atoms with E-state index in [1.807, 2.05) is 12.1 Å². The molecule has 0 aliphatic rings. The Hall–Kier alpha value is -8.14. The molecule has 0 saturated heterocycles. The van der Waals surface area contributed by atoms with E-state index < -0.39 is 0 Å². The lowest BCUT2D eigenvalue weighted by molar-refractivity contribution is 0.670. The third-order valence-electron chi connectivity index (χ3n) is 12.2. The summed E-state index contributed by atoms with van der Waals surface area (Å²) in [6, 6.07) is 82.9. The highest BCUT2D eigenvalue weighted by molar-refractivity contribution is 6.19. The van der Waals surface area contributed by atoms with Crippen LogP contribution in [0.3, 0.4) is 0 Å². The van der Waals surface area contributed by atoms with E-state index in [0.29, 0.717) is 0 Å². The minimum atomic E-state index is 0.904. The lowest BCUT2D eigenvalue weighted by atomic mass is 10.0. The summed E-state index contributed by atoms with van der Waals surface area (Å²) in [6.45, 7) is 0. The van der Waals surface area contributed by atoms with E-state index in [1.54, 1.807) is 0 Å². The summed E-state index contributed by atoms with van der Waals surface area (Å²) >= 11 is 0. The first-order valence-corrected chi connectivity index (χ1v) is 20.8. The maximum absolute atomic E-state index is 6.43. The molecular weight excluding hydrogens is 741 g/mol. The van der Waals surface area contributed by atoms with Gasteiger partial charge in [0.05, 0.1) is 11.0 Å². The van der Waals surface area contributed by atoms with Crippen LogP contribution < -0.4 is 4.90 Å². The van der Waals surface area contributed by atoms with Crippen LogP contribution in [0.5, 0.6) is 0 Å². The number of aromatic nitrogens is 1. The molecule has 0 aliphatic heterocycles. The molecule has 0 aliphatic carbocycles. The highest BCUT2D eigenvalue weighted by Crippen LogP contribution is 2.42. The van der Waals surface area contributed by atoms with E-state index in [-0.39, 0.29) is 0 Å². The number of para-hydroxylation sites is 3. The highest BCUT2D eigenvalue weighted by atomic mass is 16.3. The van der Waals surface area contributed by atoms with Crippen LogP contribution >= 0.6 is 0 Å². The second-order valence-electron chi connectivity index (χ2n) is 15.7. The minimum Gasteiger partial charge on any atom is -0.455 e. The van der Waals surface area contributed by atoms with Crippen LogP contribution in [0.25, 0.3) is 93.6 Å². The molecule has 0 radical (unpaired) electrons. The molecule has 0 fully saturated rings. The number of hydrogen-bond acceptors (Lipinski definition) is 2. The molecule has 10 aromatic carbocycles. The summed E-state index contributed by atoms with van der Waals surface area (Å²) in [4.78, 5) is 2.35. The largest absolute Gasteiger partial charge is 0.455 e. The average molecular weight is 779 g/mol. The Morgan fingerprint density at radius 2 is 0.934 bits per heavy atom. The molecule has 2 aromatic heterocycles. The van der Waals surface area contributed by atoms with Gasteiger partial charge in [-0.3, -0.25) is 0 Å². The van der Waals surface area contributed by atoms with Crippen molar-refractivity contribution in [1.29, 1.82) is 0 Å². The standard InChI is InChI=1S/C58H38N2O/c1-3-13-39(14-4-1)43-16-11-19-48(37-43)59(47-33-27-42(28-34-47)50-22-12-23-54-52-21-9-10-24-56(52)61-58(50)54)46-31-25-40(26-32-46)44-30-35-51-53-36-29-41-15-7-8-20-49(41)57(53)60(55(51)38-44)45-17-5-2-6-18-45/h1-38H. The van der Waals surface area contributed by atoms with E-state index in [1.165, 1.54) is 49.3 Å². The van der Waals surface area contributed by atoms with Gasteiger partial charge in [-0.05, 0) is 93.9 Å². The van der Waals surface area contributed by atoms with Crippen LogP contribution in [0.15, 0.2) is 235 Å². The Balaban J connectivity index is 0.967. The first kappa shape index (κ1) is 34.9. The third-order valence-corrected chi connectivity index (χ3v) is 12.2. The van der Waals surface area contributed by atoms with E-state index in [9.17, 15) is 0 Å². The molecule has 0 unspecified atom stereocenters. The van der Waals surface area contributed by atoms with E-state index in [4.69, 9.17) is 4.42 Å². The molecule has 0 spiro atoms. The van der Waals surface area contributed by atoms with Gasteiger partial charge in [0.2, 0.25) is 0 Å². The van der Waals surface area contributed by atoms with Crippen molar-refractivity contribution in [2.75, 3.05) is 4.90 Å².